The van der Waals surface area contributed by atoms with Crippen LogP contribution in [0.2, 0.25) is 5.02 Å². The van der Waals surface area contributed by atoms with E-state index in [-0.39, 0.29) is 5.97 Å². The van der Waals surface area contributed by atoms with Crippen molar-refractivity contribution in [2.75, 3.05) is 13.7 Å². The normalized spacial score (nSPS) is 10.6. The Kier molecular flexibility index (Phi) is 5.04. The SMILES string of the molecule is CCOC(=O)C=Cc1ccc(OC)c(Cl)c1C. The Morgan fingerprint density at radius 3 is 2.76 bits per heavy atom. The van der Waals surface area contributed by atoms with Crippen LogP contribution < -0.4 is 4.74 Å². The summed E-state index contributed by atoms with van der Waals surface area (Å²) in [5.41, 5.74) is 1.73. The molecule has 0 fully saturated rings. The fourth-order valence-electron chi connectivity index (χ4n) is 1.36. The number of carbonyl (C=O) groups excluding carboxylic acids is 1. The topological polar surface area (TPSA) is 35.5 Å². The van der Waals surface area contributed by atoms with Gasteiger partial charge in [0.1, 0.15) is 5.75 Å². The molecule has 0 atom stereocenters. The zero-order valence-electron chi connectivity index (χ0n) is 10.1. The van der Waals surface area contributed by atoms with E-state index >= 15 is 0 Å². The zero-order valence-corrected chi connectivity index (χ0v) is 10.9. The van der Waals surface area contributed by atoms with Crippen molar-refractivity contribution < 1.29 is 14.3 Å². The number of ether oxygens (including phenoxy) is 2. The van der Waals surface area contributed by atoms with Crippen LogP contribution in [0.5, 0.6) is 5.75 Å². The summed E-state index contributed by atoms with van der Waals surface area (Å²) in [6.07, 6.45) is 3.06. The fourth-order valence-corrected chi connectivity index (χ4v) is 1.61. The second kappa shape index (κ2) is 6.30. The minimum Gasteiger partial charge on any atom is -0.495 e. The standard InChI is InChI=1S/C13H15ClO3/c1-4-17-12(15)8-6-10-5-7-11(16-3)13(14)9(10)2/h5-8H,4H2,1-3H3. The number of halogens is 1. The smallest absolute Gasteiger partial charge is 0.330 e. The average molecular weight is 255 g/mol. The predicted octanol–water partition coefficient (Wildman–Crippen LogP) is 3.23. The van der Waals surface area contributed by atoms with E-state index in [0.717, 1.165) is 11.1 Å². The summed E-state index contributed by atoms with van der Waals surface area (Å²) in [4.78, 5) is 11.2. The first-order chi connectivity index (χ1) is 8.10. The first-order valence-corrected chi connectivity index (χ1v) is 5.65. The first kappa shape index (κ1) is 13.6. The molecule has 0 bridgehead atoms. The molecule has 0 aliphatic carbocycles. The van der Waals surface area contributed by atoms with Gasteiger partial charge in [0.05, 0.1) is 18.7 Å². The molecule has 1 rings (SSSR count). The Morgan fingerprint density at radius 1 is 1.47 bits per heavy atom. The number of rotatable bonds is 4. The number of hydrogen-bond acceptors (Lipinski definition) is 3. The Labute approximate surface area is 106 Å². The minimum absolute atomic E-state index is 0.362. The van der Waals surface area contributed by atoms with Gasteiger partial charge in [0.25, 0.3) is 0 Å². The zero-order chi connectivity index (χ0) is 12.8. The van der Waals surface area contributed by atoms with Crippen molar-refractivity contribution in [2.24, 2.45) is 0 Å². The number of benzene rings is 1. The molecule has 0 heterocycles. The molecule has 0 aliphatic heterocycles. The lowest BCUT2D eigenvalue weighted by atomic mass is 10.1. The third-order valence-electron chi connectivity index (χ3n) is 2.30. The van der Waals surface area contributed by atoms with Crippen LogP contribution in [0.15, 0.2) is 18.2 Å². The Bertz CT molecular complexity index is 439. The van der Waals surface area contributed by atoms with Crippen LogP contribution in [-0.4, -0.2) is 19.7 Å². The van der Waals surface area contributed by atoms with Crippen LogP contribution in [-0.2, 0) is 9.53 Å². The van der Waals surface area contributed by atoms with Crippen molar-refractivity contribution >= 4 is 23.6 Å². The summed E-state index contributed by atoms with van der Waals surface area (Å²) in [5.74, 6) is 0.260. The lowest BCUT2D eigenvalue weighted by Gasteiger charge is -2.08. The molecule has 0 unspecified atom stereocenters. The quantitative estimate of drug-likeness (QED) is 0.611. The van der Waals surface area contributed by atoms with Gasteiger partial charge in [-0.15, -0.1) is 0 Å². The minimum atomic E-state index is -0.362. The van der Waals surface area contributed by atoms with E-state index in [4.69, 9.17) is 21.1 Å². The maximum Gasteiger partial charge on any atom is 0.330 e. The Balaban J connectivity index is 2.93. The average Bonchev–Trinajstić information content (AvgIpc) is 2.31. The van der Waals surface area contributed by atoms with Gasteiger partial charge in [-0.25, -0.2) is 4.79 Å². The molecule has 1 aromatic carbocycles. The molecule has 1 aromatic rings. The highest BCUT2D eigenvalue weighted by molar-refractivity contribution is 6.33. The summed E-state index contributed by atoms with van der Waals surface area (Å²) in [6, 6.07) is 3.61. The Morgan fingerprint density at radius 2 is 2.18 bits per heavy atom. The van der Waals surface area contributed by atoms with E-state index in [1.54, 1.807) is 26.2 Å². The largest absolute Gasteiger partial charge is 0.495 e. The summed E-state index contributed by atoms with van der Waals surface area (Å²) >= 11 is 6.10. The third kappa shape index (κ3) is 3.49. The van der Waals surface area contributed by atoms with Crippen molar-refractivity contribution in [2.45, 2.75) is 13.8 Å². The molecule has 0 saturated heterocycles. The first-order valence-electron chi connectivity index (χ1n) is 5.28. The highest BCUT2D eigenvalue weighted by Gasteiger charge is 2.06. The molecule has 92 valence electrons. The van der Waals surface area contributed by atoms with Crippen LogP contribution in [0.25, 0.3) is 6.08 Å². The van der Waals surface area contributed by atoms with Crippen molar-refractivity contribution in [1.82, 2.24) is 0 Å². The van der Waals surface area contributed by atoms with Gasteiger partial charge in [0.2, 0.25) is 0 Å². The highest BCUT2D eigenvalue weighted by atomic mass is 35.5. The second-order valence-electron chi connectivity index (χ2n) is 3.38. The van der Waals surface area contributed by atoms with Crippen molar-refractivity contribution in [3.63, 3.8) is 0 Å². The van der Waals surface area contributed by atoms with E-state index in [9.17, 15) is 4.79 Å². The van der Waals surface area contributed by atoms with Crippen LogP contribution in [0, 0.1) is 6.92 Å². The molecule has 0 saturated carbocycles. The van der Waals surface area contributed by atoms with Gasteiger partial charge in [0.15, 0.2) is 0 Å². The number of carbonyl (C=O) groups is 1. The molecule has 0 amide bonds. The molecule has 0 radical (unpaired) electrons. The summed E-state index contributed by atoms with van der Waals surface area (Å²) in [7, 11) is 1.56. The van der Waals surface area contributed by atoms with Gasteiger partial charge in [-0.05, 0) is 37.1 Å². The lowest BCUT2D eigenvalue weighted by Crippen LogP contribution is -1.98. The van der Waals surface area contributed by atoms with Gasteiger partial charge >= 0.3 is 5.97 Å². The van der Waals surface area contributed by atoms with E-state index in [2.05, 4.69) is 0 Å². The number of hydrogen-bond donors (Lipinski definition) is 0. The van der Waals surface area contributed by atoms with Crippen molar-refractivity contribution in [3.05, 3.63) is 34.4 Å². The summed E-state index contributed by atoms with van der Waals surface area (Å²) < 4.78 is 9.89. The van der Waals surface area contributed by atoms with Gasteiger partial charge in [0, 0.05) is 6.08 Å². The molecular weight excluding hydrogens is 240 g/mol. The van der Waals surface area contributed by atoms with Crippen molar-refractivity contribution in [3.8, 4) is 5.75 Å². The molecule has 0 aliphatic rings. The molecular formula is C13H15ClO3. The third-order valence-corrected chi connectivity index (χ3v) is 2.77. The van der Waals surface area contributed by atoms with E-state index in [1.807, 2.05) is 13.0 Å². The second-order valence-corrected chi connectivity index (χ2v) is 3.76. The lowest BCUT2D eigenvalue weighted by molar-refractivity contribution is -0.137. The van der Waals surface area contributed by atoms with Crippen LogP contribution in [0.1, 0.15) is 18.1 Å². The molecule has 3 nitrogen and oxygen atoms in total. The van der Waals surface area contributed by atoms with Crippen LogP contribution in [0.4, 0.5) is 0 Å². The van der Waals surface area contributed by atoms with Crippen LogP contribution in [0.3, 0.4) is 0 Å². The van der Waals surface area contributed by atoms with Gasteiger partial charge < -0.3 is 9.47 Å². The summed E-state index contributed by atoms with van der Waals surface area (Å²) in [5, 5.41) is 0.554. The van der Waals surface area contributed by atoms with Crippen molar-refractivity contribution in [1.29, 1.82) is 0 Å². The van der Waals surface area contributed by atoms with Crippen LogP contribution >= 0.6 is 11.6 Å². The number of esters is 1. The molecule has 4 heteroatoms. The summed E-state index contributed by atoms with van der Waals surface area (Å²) in [6.45, 7) is 4.00. The van der Waals surface area contributed by atoms with Gasteiger partial charge in [-0.1, -0.05) is 17.7 Å². The fraction of sp³-hybridized carbons (Fsp3) is 0.308. The van der Waals surface area contributed by atoms with E-state index in [1.165, 1.54) is 6.08 Å². The molecule has 17 heavy (non-hydrogen) atoms. The molecule has 0 aromatic heterocycles. The van der Waals surface area contributed by atoms with Gasteiger partial charge in [-0.3, -0.25) is 0 Å². The predicted molar refractivity (Wildman–Crippen MR) is 68.4 cm³/mol. The van der Waals surface area contributed by atoms with E-state index < -0.39 is 0 Å². The van der Waals surface area contributed by atoms with Gasteiger partial charge in [-0.2, -0.15) is 0 Å². The maximum atomic E-state index is 11.2. The Hall–Kier alpha value is -1.48. The maximum absolute atomic E-state index is 11.2. The number of methoxy groups -OCH3 is 1. The molecule has 0 N–H and O–H groups in total. The molecule has 0 spiro atoms. The highest BCUT2D eigenvalue weighted by Crippen LogP contribution is 2.30. The van der Waals surface area contributed by atoms with E-state index in [0.29, 0.717) is 17.4 Å². The monoisotopic (exact) mass is 254 g/mol.